The first-order chi connectivity index (χ1) is 14.7. The van der Waals surface area contributed by atoms with Gasteiger partial charge in [-0.25, -0.2) is 18.7 Å². The number of aryl methyl sites for hydroxylation is 1. The van der Waals surface area contributed by atoms with Crippen LogP contribution in [0.4, 0.5) is 0 Å². The molecule has 0 saturated carbocycles. The molecule has 1 saturated heterocycles. The molecule has 1 aromatic heterocycles. The maximum atomic E-state index is 13.3. The molecule has 3 N–H and O–H groups in total. The number of hydrogen-bond acceptors (Lipinski definition) is 7. The van der Waals surface area contributed by atoms with E-state index in [1.807, 2.05) is 6.92 Å². The number of nitrogens with one attached hydrogen (secondary N) is 1. The van der Waals surface area contributed by atoms with Crippen molar-refractivity contribution >= 4 is 15.9 Å². The van der Waals surface area contributed by atoms with Crippen LogP contribution in [0.2, 0.25) is 0 Å². The van der Waals surface area contributed by atoms with Gasteiger partial charge in [-0.1, -0.05) is 13.3 Å². The number of amides is 1. The second-order valence-corrected chi connectivity index (χ2v) is 9.27. The van der Waals surface area contributed by atoms with Crippen LogP contribution in [-0.4, -0.2) is 57.3 Å². The van der Waals surface area contributed by atoms with Crippen molar-refractivity contribution in [2.24, 2.45) is 7.05 Å². The summed E-state index contributed by atoms with van der Waals surface area (Å²) < 4.78 is 35.2. The van der Waals surface area contributed by atoms with Gasteiger partial charge >= 0.3 is 5.69 Å². The normalized spacial score (nSPS) is 19.5. The molecule has 0 spiro atoms. The number of carbonyl (C=O) groups excluding carboxylic acids is 1. The summed E-state index contributed by atoms with van der Waals surface area (Å²) in [5, 5.41) is 19.2. The van der Waals surface area contributed by atoms with E-state index >= 15 is 0 Å². The lowest BCUT2D eigenvalue weighted by molar-refractivity contribution is -0.132. The van der Waals surface area contributed by atoms with E-state index in [9.17, 15) is 23.1 Å². The van der Waals surface area contributed by atoms with E-state index in [2.05, 4.69) is 0 Å². The second kappa shape index (κ2) is 9.12. The zero-order chi connectivity index (χ0) is 22.8. The van der Waals surface area contributed by atoms with Crippen LogP contribution in [0, 0.1) is 0 Å². The highest BCUT2D eigenvalue weighted by molar-refractivity contribution is 7.89. The van der Waals surface area contributed by atoms with Gasteiger partial charge in [0.25, 0.3) is 5.91 Å². The van der Waals surface area contributed by atoms with Crippen LogP contribution in [0.5, 0.6) is 11.6 Å². The Hall–Kier alpha value is -2.83. The fraction of sp³-hybridized carbons (Fsp3) is 0.474. The Morgan fingerprint density at radius 1 is 1.29 bits per heavy atom. The topological polar surface area (TPSA) is 143 Å². The van der Waals surface area contributed by atoms with E-state index in [1.165, 1.54) is 43.0 Å². The molecule has 1 aromatic carbocycles. The SMILES string of the molecule is CCCCOc1ccc(S(=O)(=O)N2C[C@@H](n3c(O)cn(C)c3=O)C[C@@H]2C(=O)NO)cc1. The highest BCUT2D eigenvalue weighted by Crippen LogP contribution is 2.34. The summed E-state index contributed by atoms with van der Waals surface area (Å²) in [6, 6.07) is 3.78. The molecule has 1 amide bonds. The predicted octanol–water partition coefficient (Wildman–Crippen LogP) is 0.581. The smallest absolute Gasteiger partial charge is 0.331 e. The Bertz CT molecular complexity index is 1090. The lowest BCUT2D eigenvalue weighted by Crippen LogP contribution is -2.45. The van der Waals surface area contributed by atoms with Crippen LogP contribution in [0.3, 0.4) is 0 Å². The molecule has 0 aliphatic carbocycles. The van der Waals surface area contributed by atoms with Gasteiger partial charge in [0, 0.05) is 13.6 Å². The van der Waals surface area contributed by atoms with Crippen molar-refractivity contribution in [2.45, 2.75) is 43.2 Å². The molecule has 1 aliphatic heterocycles. The number of aromatic hydroxyl groups is 1. The Labute approximate surface area is 179 Å². The first-order valence-electron chi connectivity index (χ1n) is 9.86. The lowest BCUT2D eigenvalue weighted by Gasteiger charge is -2.22. The summed E-state index contributed by atoms with van der Waals surface area (Å²) in [4.78, 5) is 24.5. The molecule has 1 fully saturated rings. The number of aromatic nitrogens is 2. The van der Waals surface area contributed by atoms with Gasteiger partial charge in [0.1, 0.15) is 11.8 Å². The van der Waals surface area contributed by atoms with Crippen molar-refractivity contribution in [1.82, 2.24) is 18.9 Å². The Balaban J connectivity index is 1.90. The van der Waals surface area contributed by atoms with Gasteiger partial charge in [-0.3, -0.25) is 19.1 Å². The molecule has 0 radical (unpaired) electrons. The molecule has 11 nitrogen and oxygen atoms in total. The summed E-state index contributed by atoms with van der Waals surface area (Å²) in [6.07, 6.45) is 2.95. The third-order valence-electron chi connectivity index (χ3n) is 5.27. The Kier molecular flexibility index (Phi) is 6.72. The molecule has 1 aliphatic rings. The number of rotatable bonds is 8. The van der Waals surface area contributed by atoms with E-state index in [0.29, 0.717) is 12.4 Å². The fourth-order valence-corrected chi connectivity index (χ4v) is 5.27. The third kappa shape index (κ3) is 4.45. The van der Waals surface area contributed by atoms with Crippen LogP contribution < -0.4 is 15.9 Å². The molecular formula is C19H26N4O7S. The van der Waals surface area contributed by atoms with E-state index in [0.717, 1.165) is 26.3 Å². The van der Waals surface area contributed by atoms with Crippen LogP contribution in [0.25, 0.3) is 0 Å². The van der Waals surface area contributed by atoms with Crippen molar-refractivity contribution in [3.8, 4) is 11.6 Å². The van der Waals surface area contributed by atoms with E-state index in [4.69, 9.17) is 9.94 Å². The van der Waals surface area contributed by atoms with Gasteiger partial charge in [-0.15, -0.1) is 0 Å². The van der Waals surface area contributed by atoms with Gasteiger partial charge in [-0.2, -0.15) is 4.31 Å². The van der Waals surface area contributed by atoms with Crippen molar-refractivity contribution in [3.63, 3.8) is 0 Å². The number of imidazole rings is 1. The molecule has 3 rings (SSSR count). The number of hydroxylamine groups is 1. The molecule has 2 heterocycles. The quantitative estimate of drug-likeness (QED) is 0.301. The number of unbranched alkanes of at least 4 members (excludes halogenated alkanes) is 1. The standard InChI is InChI=1S/C19H26N4O7S/c1-3-4-9-30-14-5-7-15(8-6-14)31(28,29)22-11-13(10-16(22)18(25)20-27)23-17(24)12-21(2)19(23)26/h5-8,12-13,16,24,27H,3-4,9-11H2,1-2H3,(H,20,25)/t13-,16+/m0/s1. The first kappa shape index (κ1) is 22.8. The number of hydrogen-bond donors (Lipinski definition) is 3. The van der Waals surface area contributed by atoms with Gasteiger partial charge in [0.15, 0.2) is 0 Å². The molecule has 2 aromatic rings. The minimum Gasteiger partial charge on any atom is -0.494 e. The summed E-state index contributed by atoms with van der Waals surface area (Å²) in [5.74, 6) is -0.736. The zero-order valence-electron chi connectivity index (χ0n) is 17.3. The minimum absolute atomic E-state index is 0.0589. The van der Waals surface area contributed by atoms with E-state index in [1.54, 1.807) is 0 Å². The van der Waals surface area contributed by atoms with Crippen LogP contribution in [0.1, 0.15) is 32.2 Å². The van der Waals surface area contributed by atoms with E-state index in [-0.39, 0.29) is 23.7 Å². The van der Waals surface area contributed by atoms with Gasteiger partial charge < -0.3 is 9.84 Å². The number of benzene rings is 1. The summed E-state index contributed by atoms with van der Waals surface area (Å²) in [5.41, 5.74) is 0.941. The minimum atomic E-state index is -4.14. The number of sulfonamides is 1. The number of carbonyl (C=O) groups is 1. The predicted molar refractivity (Wildman–Crippen MR) is 109 cm³/mol. The van der Waals surface area contributed by atoms with Crippen LogP contribution in [0.15, 0.2) is 40.2 Å². The van der Waals surface area contributed by atoms with Crippen molar-refractivity contribution in [1.29, 1.82) is 0 Å². The number of ether oxygens (including phenoxy) is 1. The Morgan fingerprint density at radius 3 is 2.52 bits per heavy atom. The maximum absolute atomic E-state index is 13.3. The van der Waals surface area contributed by atoms with Crippen molar-refractivity contribution < 1.29 is 28.3 Å². The average Bonchev–Trinajstić information content (AvgIpc) is 3.29. The monoisotopic (exact) mass is 454 g/mol. The lowest BCUT2D eigenvalue weighted by atomic mass is 10.1. The zero-order valence-corrected chi connectivity index (χ0v) is 18.1. The summed E-state index contributed by atoms with van der Waals surface area (Å²) in [6.45, 7) is 2.32. The van der Waals surface area contributed by atoms with E-state index < -0.39 is 33.7 Å². The molecule has 0 bridgehead atoms. The molecule has 170 valence electrons. The molecule has 12 heteroatoms. The molecular weight excluding hydrogens is 428 g/mol. The Morgan fingerprint density at radius 2 is 1.97 bits per heavy atom. The molecule has 31 heavy (non-hydrogen) atoms. The fourth-order valence-electron chi connectivity index (χ4n) is 3.63. The van der Waals surface area contributed by atoms with Crippen molar-refractivity contribution in [2.75, 3.05) is 13.2 Å². The van der Waals surface area contributed by atoms with Gasteiger partial charge in [0.05, 0.1) is 23.7 Å². The highest BCUT2D eigenvalue weighted by atomic mass is 32.2. The summed E-state index contributed by atoms with van der Waals surface area (Å²) >= 11 is 0. The van der Waals surface area contributed by atoms with Crippen LogP contribution in [-0.2, 0) is 21.9 Å². The third-order valence-corrected chi connectivity index (χ3v) is 7.16. The molecule has 0 unspecified atom stereocenters. The maximum Gasteiger partial charge on any atom is 0.331 e. The largest absolute Gasteiger partial charge is 0.494 e. The highest BCUT2D eigenvalue weighted by Gasteiger charge is 2.45. The van der Waals surface area contributed by atoms with Gasteiger partial charge in [-0.05, 0) is 37.1 Å². The average molecular weight is 455 g/mol. The van der Waals surface area contributed by atoms with Crippen LogP contribution >= 0.6 is 0 Å². The first-order valence-corrected chi connectivity index (χ1v) is 11.3. The van der Waals surface area contributed by atoms with Crippen molar-refractivity contribution in [3.05, 3.63) is 40.9 Å². The molecule has 2 atom stereocenters. The second-order valence-electron chi connectivity index (χ2n) is 7.38. The number of nitrogens with zero attached hydrogens (tertiary/aromatic N) is 3. The summed E-state index contributed by atoms with van der Waals surface area (Å²) in [7, 11) is -2.69. The van der Waals surface area contributed by atoms with Gasteiger partial charge in [0.2, 0.25) is 15.9 Å².